The summed E-state index contributed by atoms with van der Waals surface area (Å²) in [6.45, 7) is 6.61. The number of nitrogens with zero attached hydrogens (tertiary/aromatic N) is 2. The predicted octanol–water partition coefficient (Wildman–Crippen LogP) is 6.17. The molecular weight excluding hydrogens is 612 g/mol. The molecule has 0 spiro atoms. The standard InChI is InChI=1S/C37H54N4O7/c1-25-22-41(26(2)24-42)36(44)32-21-30(38-35(43)28-12-7-6-8-13-28)16-19-33(32)48-27(3)11-9-10-20-47-34(25)23-40(4)37(45)39-29-14-17-31(46-5)18-15-29/h14-19,21,25-28,34,42H,6-13,20,22-24H2,1-5H3,(H,38,43)(H,39,45)/t25-,26+,27+,34+/m0/s1. The quantitative estimate of drug-likeness (QED) is 0.307. The van der Waals surface area contributed by atoms with Crippen LogP contribution in [0.5, 0.6) is 11.5 Å². The molecule has 1 aliphatic heterocycles. The summed E-state index contributed by atoms with van der Waals surface area (Å²) in [5, 5.41) is 16.2. The van der Waals surface area contributed by atoms with Gasteiger partial charge in [0.15, 0.2) is 0 Å². The summed E-state index contributed by atoms with van der Waals surface area (Å²) in [6, 6.07) is 11.6. The molecule has 1 saturated carbocycles. The monoisotopic (exact) mass is 666 g/mol. The number of rotatable bonds is 8. The molecule has 2 aromatic carbocycles. The first-order valence-corrected chi connectivity index (χ1v) is 17.4. The van der Waals surface area contributed by atoms with Crippen LogP contribution < -0.4 is 20.1 Å². The number of hydrogen-bond donors (Lipinski definition) is 3. The number of amides is 4. The Morgan fingerprint density at radius 3 is 2.38 bits per heavy atom. The van der Waals surface area contributed by atoms with E-state index in [-0.39, 0.29) is 55.0 Å². The van der Waals surface area contributed by atoms with Gasteiger partial charge in [-0.25, -0.2) is 4.79 Å². The van der Waals surface area contributed by atoms with Crippen LogP contribution in [0.25, 0.3) is 0 Å². The maximum atomic E-state index is 14.4. The molecule has 4 rings (SSSR count). The van der Waals surface area contributed by atoms with Crippen molar-refractivity contribution in [1.82, 2.24) is 9.80 Å². The number of anilines is 2. The van der Waals surface area contributed by atoms with Crippen LogP contribution in [0.15, 0.2) is 42.5 Å². The van der Waals surface area contributed by atoms with Gasteiger partial charge < -0.3 is 39.8 Å². The van der Waals surface area contributed by atoms with Crippen LogP contribution in [0.3, 0.4) is 0 Å². The number of hydrogen-bond acceptors (Lipinski definition) is 7. The second-order valence-corrected chi connectivity index (χ2v) is 13.4. The van der Waals surface area contributed by atoms with Crippen molar-refractivity contribution in [3.8, 4) is 11.5 Å². The number of urea groups is 1. The Balaban J connectivity index is 1.56. The molecule has 4 atom stereocenters. The first-order valence-electron chi connectivity index (χ1n) is 17.4. The molecule has 2 aliphatic rings. The third kappa shape index (κ3) is 10.3. The van der Waals surface area contributed by atoms with Crippen molar-refractivity contribution in [3.05, 3.63) is 48.0 Å². The number of likely N-dealkylation sites (N-methyl/N-ethyl adjacent to an activating group) is 1. The van der Waals surface area contributed by atoms with Gasteiger partial charge in [0.1, 0.15) is 11.5 Å². The highest BCUT2D eigenvalue weighted by atomic mass is 16.5. The molecule has 0 bridgehead atoms. The Kier molecular flexibility index (Phi) is 13.9. The van der Waals surface area contributed by atoms with E-state index in [9.17, 15) is 19.5 Å². The van der Waals surface area contributed by atoms with E-state index in [2.05, 4.69) is 10.6 Å². The minimum absolute atomic E-state index is 0.0216. The van der Waals surface area contributed by atoms with Gasteiger partial charge >= 0.3 is 6.03 Å². The Labute approximate surface area is 285 Å². The number of aliphatic hydroxyl groups excluding tert-OH is 1. The summed E-state index contributed by atoms with van der Waals surface area (Å²) in [5.41, 5.74) is 1.53. The lowest BCUT2D eigenvalue weighted by Crippen LogP contribution is -2.48. The third-order valence-corrected chi connectivity index (χ3v) is 9.44. The van der Waals surface area contributed by atoms with Crippen LogP contribution in [0, 0.1) is 11.8 Å². The summed E-state index contributed by atoms with van der Waals surface area (Å²) in [5.74, 6) is 0.598. The van der Waals surface area contributed by atoms with Crippen molar-refractivity contribution in [1.29, 1.82) is 0 Å². The number of fused-ring (bicyclic) bond motifs is 1. The Morgan fingerprint density at radius 1 is 1.00 bits per heavy atom. The molecule has 2 aromatic rings. The molecule has 0 aromatic heterocycles. The van der Waals surface area contributed by atoms with Crippen molar-refractivity contribution in [2.24, 2.45) is 11.8 Å². The smallest absolute Gasteiger partial charge is 0.321 e. The molecule has 3 N–H and O–H groups in total. The van der Waals surface area contributed by atoms with E-state index in [0.29, 0.717) is 41.6 Å². The maximum Gasteiger partial charge on any atom is 0.321 e. The van der Waals surface area contributed by atoms with Gasteiger partial charge in [-0.3, -0.25) is 9.59 Å². The number of ether oxygens (including phenoxy) is 3. The summed E-state index contributed by atoms with van der Waals surface area (Å²) < 4.78 is 17.9. The van der Waals surface area contributed by atoms with Gasteiger partial charge in [-0.15, -0.1) is 0 Å². The van der Waals surface area contributed by atoms with Crippen LogP contribution in [-0.2, 0) is 9.53 Å². The zero-order chi connectivity index (χ0) is 34.6. The molecule has 4 amide bonds. The second-order valence-electron chi connectivity index (χ2n) is 13.4. The lowest BCUT2D eigenvalue weighted by atomic mass is 9.88. The zero-order valence-corrected chi connectivity index (χ0v) is 29.2. The number of methoxy groups -OCH3 is 1. The lowest BCUT2D eigenvalue weighted by molar-refractivity contribution is -0.120. The van der Waals surface area contributed by atoms with E-state index >= 15 is 0 Å². The fourth-order valence-corrected chi connectivity index (χ4v) is 6.32. The molecule has 0 unspecified atom stereocenters. The normalized spacial score (nSPS) is 22.0. The topological polar surface area (TPSA) is 130 Å². The van der Waals surface area contributed by atoms with Crippen molar-refractivity contribution in [3.63, 3.8) is 0 Å². The highest BCUT2D eigenvalue weighted by molar-refractivity contribution is 6.00. The molecule has 11 heteroatoms. The average Bonchev–Trinajstić information content (AvgIpc) is 3.10. The predicted molar refractivity (Wildman–Crippen MR) is 187 cm³/mol. The van der Waals surface area contributed by atoms with E-state index in [4.69, 9.17) is 14.2 Å². The van der Waals surface area contributed by atoms with E-state index in [1.54, 1.807) is 73.3 Å². The van der Waals surface area contributed by atoms with E-state index < -0.39 is 6.04 Å². The van der Waals surface area contributed by atoms with Crippen molar-refractivity contribution in [2.75, 3.05) is 51.1 Å². The van der Waals surface area contributed by atoms with E-state index in [0.717, 1.165) is 51.4 Å². The van der Waals surface area contributed by atoms with Crippen LogP contribution in [-0.4, -0.2) is 91.5 Å². The van der Waals surface area contributed by atoms with Gasteiger partial charge in [0.25, 0.3) is 5.91 Å². The van der Waals surface area contributed by atoms with Crippen molar-refractivity contribution < 1.29 is 33.7 Å². The molecule has 1 aliphatic carbocycles. The Bertz CT molecular complexity index is 1350. The zero-order valence-electron chi connectivity index (χ0n) is 29.2. The molecule has 0 saturated heterocycles. The summed E-state index contributed by atoms with van der Waals surface area (Å²) >= 11 is 0. The molecule has 1 heterocycles. The van der Waals surface area contributed by atoms with E-state index in [1.165, 1.54) is 0 Å². The Hall–Kier alpha value is -3.83. The number of benzene rings is 2. The van der Waals surface area contributed by atoms with Gasteiger partial charge in [0, 0.05) is 50.0 Å². The van der Waals surface area contributed by atoms with Gasteiger partial charge in [0.05, 0.1) is 37.5 Å². The van der Waals surface area contributed by atoms with Crippen molar-refractivity contribution >= 4 is 29.2 Å². The highest BCUT2D eigenvalue weighted by Gasteiger charge is 2.31. The minimum Gasteiger partial charge on any atom is -0.497 e. The van der Waals surface area contributed by atoms with Crippen LogP contribution >= 0.6 is 0 Å². The fourth-order valence-electron chi connectivity index (χ4n) is 6.32. The summed E-state index contributed by atoms with van der Waals surface area (Å²) in [7, 11) is 3.31. The largest absolute Gasteiger partial charge is 0.497 e. The lowest BCUT2D eigenvalue weighted by Gasteiger charge is -2.35. The first-order chi connectivity index (χ1) is 23.1. The molecule has 11 nitrogen and oxygen atoms in total. The minimum atomic E-state index is -0.504. The number of carbonyl (C=O) groups is 3. The average molecular weight is 667 g/mol. The fraction of sp³-hybridized carbons (Fsp3) is 0.595. The molecular formula is C37H54N4O7. The molecule has 1 fully saturated rings. The van der Waals surface area contributed by atoms with E-state index in [1.807, 2.05) is 13.8 Å². The van der Waals surface area contributed by atoms with Gasteiger partial charge in [-0.05, 0) is 88.4 Å². The third-order valence-electron chi connectivity index (χ3n) is 9.44. The number of aliphatic hydroxyl groups is 1. The van der Waals surface area contributed by atoms with Crippen LogP contribution in [0.1, 0.15) is 82.5 Å². The molecule has 264 valence electrons. The summed E-state index contributed by atoms with van der Waals surface area (Å²) in [4.78, 5) is 43.8. The second kappa shape index (κ2) is 18.1. The number of nitrogens with one attached hydrogen (secondary N) is 2. The maximum absolute atomic E-state index is 14.4. The Morgan fingerprint density at radius 2 is 1.69 bits per heavy atom. The van der Waals surface area contributed by atoms with Gasteiger partial charge in [0.2, 0.25) is 5.91 Å². The highest BCUT2D eigenvalue weighted by Crippen LogP contribution is 2.30. The van der Waals surface area contributed by atoms with Crippen LogP contribution in [0.4, 0.5) is 16.2 Å². The van der Waals surface area contributed by atoms with Gasteiger partial charge in [-0.1, -0.05) is 26.2 Å². The molecule has 48 heavy (non-hydrogen) atoms. The molecule has 0 radical (unpaired) electrons. The summed E-state index contributed by atoms with van der Waals surface area (Å²) in [6.07, 6.45) is 6.90. The van der Waals surface area contributed by atoms with Crippen LogP contribution in [0.2, 0.25) is 0 Å². The van der Waals surface area contributed by atoms with Crippen molar-refractivity contribution in [2.45, 2.75) is 90.4 Å². The number of carbonyl (C=O) groups excluding carboxylic acids is 3. The first kappa shape index (κ1) is 37.0. The van der Waals surface area contributed by atoms with Gasteiger partial charge in [-0.2, -0.15) is 0 Å². The SMILES string of the molecule is COc1ccc(NC(=O)N(C)C[C@H]2OCCCC[C@@H](C)Oc3ccc(NC(=O)C4CCCCC4)cc3C(=O)N([C@H](C)CO)C[C@@H]2C)cc1.